The summed E-state index contributed by atoms with van der Waals surface area (Å²) in [5, 5.41) is 3.40. The van der Waals surface area contributed by atoms with Crippen LogP contribution < -0.4 is 5.32 Å². The van der Waals surface area contributed by atoms with Gasteiger partial charge in [-0.15, -0.1) is 0 Å². The van der Waals surface area contributed by atoms with Gasteiger partial charge in [-0.25, -0.2) is 8.42 Å². The molecule has 0 atom stereocenters. The fourth-order valence-electron chi connectivity index (χ4n) is 2.61. The molecule has 0 spiro atoms. The van der Waals surface area contributed by atoms with E-state index >= 15 is 0 Å². The number of nitrogens with one attached hydrogen (secondary N) is 1. The highest BCUT2D eigenvalue weighted by atomic mass is 32.2. The molecule has 1 aliphatic carbocycles. The molecule has 3 nitrogen and oxygen atoms in total. The number of hydrogen-bond acceptors (Lipinski definition) is 3. The van der Waals surface area contributed by atoms with Crippen LogP contribution in [0.2, 0.25) is 0 Å². The molecular weight excluding hydrogens is 234 g/mol. The summed E-state index contributed by atoms with van der Waals surface area (Å²) in [6.07, 6.45) is 8.82. The van der Waals surface area contributed by atoms with Crippen LogP contribution in [0.5, 0.6) is 0 Å². The van der Waals surface area contributed by atoms with Crippen LogP contribution in [0.4, 0.5) is 0 Å². The van der Waals surface area contributed by atoms with Crippen molar-refractivity contribution in [3.8, 4) is 0 Å². The van der Waals surface area contributed by atoms with E-state index in [2.05, 4.69) is 12.2 Å². The van der Waals surface area contributed by atoms with Gasteiger partial charge in [-0.3, -0.25) is 0 Å². The molecule has 0 aromatic carbocycles. The molecule has 0 aromatic rings. The minimum absolute atomic E-state index is 0.308. The normalized spacial score (nSPS) is 26.0. The summed E-state index contributed by atoms with van der Waals surface area (Å²) >= 11 is 0. The van der Waals surface area contributed by atoms with Crippen LogP contribution >= 0.6 is 0 Å². The van der Waals surface area contributed by atoms with E-state index in [-0.39, 0.29) is 0 Å². The molecule has 102 valence electrons. The minimum Gasteiger partial charge on any atom is -0.316 e. The summed E-state index contributed by atoms with van der Waals surface area (Å²) in [4.78, 5) is 0. The first-order chi connectivity index (χ1) is 8.01. The number of rotatable bonds is 7. The molecule has 0 aromatic heterocycles. The Bertz CT molecular complexity index is 293. The summed E-state index contributed by atoms with van der Waals surface area (Å²) in [6.45, 7) is 4.19. The quantitative estimate of drug-likeness (QED) is 0.715. The Morgan fingerprint density at radius 3 is 2.24 bits per heavy atom. The van der Waals surface area contributed by atoms with Crippen molar-refractivity contribution in [1.82, 2.24) is 5.32 Å². The molecule has 4 heteroatoms. The SMILES string of the molecule is CCC1CCC(CNCCCS(C)(=O)=O)CC1. The van der Waals surface area contributed by atoms with E-state index in [4.69, 9.17) is 0 Å². The van der Waals surface area contributed by atoms with Crippen LogP contribution in [0, 0.1) is 11.8 Å². The maximum atomic E-state index is 10.9. The smallest absolute Gasteiger partial charge is 0.147 e. The van der Waals surface area contributed by atoms with Gasteiger partial charge in [-0.05, 0) is 44.2 Å². The zero-order valence-corrected chi connectivity index (χ0v) is 12.1. The average Bonchev–Trinajstić information content (AvgIpc) is 2.28. The molecule has 0 radical (unpaired) electrons. The molecule has 0 heterocycles. The third-order valence-corrected chi connectivity index (χ3v) is 4.88. The fraction of sp³-hybridized carbons (Fsp3) is 1.00. The lowest BCUT2D eigenvalue weighted by molar-refractivity contribution is 0.263. The first kappa shape index (κ1) is 15.0. The van der Waals surface area contributed by atoms with E-state index in [1.54, 1.807) is 0 Å². The largest absolute Gasteiger partial charge is 0.316 e. The molecule has 1 saturated carbocycles. The Kier molecular flexibility index (Phi) is 6.49. The zero-order valence-electron chi connectivity index (χ0n) is 11.2. The molecule has 1 rings (SSSR count). The molecule has 0 amide bonds. The Morgan fingerprint density at radius 1 is 1.12 bits per heavy atom. The molecule has 0 unspecified atom stereocenters. The van der Waals surface area contributed by atoms with Gasteiger partial charge in [0, 0.05) is 6.26 Å². The molecule has 0 aliphatic heterocycles. The molecular formula is C13H27NO2S. The second-order valence-corrected chi connectivity index (χ2v) is 7.74. The van der Waals surface area contributed by atoms with Crippen LogP contribution in [0.15, 0.2) is 0 Å². The predicted octanol–water partition coefficient (Wildman–Crippen LogP) is 2.23. The van der Waals surface area contributed by atoms with Crippen LogP contribution in [0.1, 0.15) is 45.4 Å². The second kappa shape index (κ2) is 7.37. The third kappa shape index (κ3) is 7.04. The molecule has 1 aliphatic rings. The number of hydrogen-bond donors (Lipinski definition) is 1. The van der Waals surface area contributed by atoms with Gasteiger partial charge in [0.2, 0.25) is 0 Å². The van der Waals surface area contributed by atoms with Crippen molar-refractivity contribution >= 4 is 9.84 Å². The highest BCUT2D eigenvalue weighted by molar-refractivity contribution is 7.90. The lowest BCUT2D eigenvalue weighted by atomic mass is 9.81. The van der Waals surface area contributed by atoms with E-state index < -0.39 is 9.84 Å². The van der Waals surface area contributed by atoms with Crippen molar-refractivity contribution in [3.05, 3.63) is 0 Å². The van der Waals surface area contributed by atoms with E-state index in [0.717, 1.165) is 31.3 Å². The van der Waals surface area contributed by atoms with Gasteiger partial charge in [0.25, 0.3) is 0 Å². The summed E-state index contributed by atoms with van der Waals surface area (Å²) in [5.74, 6) is 2.08. The molecule has 0 saturated heterocycles. The topological polar surface area (TPSA) is 46.2 Å². The van der Waals surface area contributed by atoms with E-state index in [9.17, 15) is 8.42 Å². The fourth-order valence-corrected chi connectivity index (χ4v) is 3.28. The second-order valence-electron chi connectivity index (χ2n) is 5.48. The van der Waals surface area contributed by atoms with Gasteiger partial charge in [0.1, 0.15) is 9.84 Å². The standard InChI is InChI=1S/C13H27NO2S/c1-3-12-5-7-13(8-6-12)11-14-9-4-10-17(2,15)16/h12-14H,3-11H2,1-2H3. The Morgan fingerprint density at radius 2 is 1.71 bits per heavy atom. The summed E-state index contributed by atoms with van der Waals surface area (Å²) in [6, 6.07) is 0. The van der Waals surface area contributed by atoms with Crippen LogP contribution in [0.25, 0.3) is 0 Å². The van der Waals surface area contributed by atoms with Gasteiger partial charge in [0.05, 0.1) is 5.75 Å². The summed E-state index contributed by atoms with van der Waals surface area (Å²) in [5.41, 5.74) is 0. The van der Waals surface area contributed by atoms with Crippen LogP contribution in [-0.4, -0.2) is 33.5 Å². The van der Waals surface area contributed by atoms with Gasteiger partial charge in [-0.1, -0.05) is 26.2 Å². The van der Waals surface area contributed by atoms with E-state index in [1.165, 1.54) is 38.4 Å². The maximum Gasteiger partial charge on any atom is 0.147 e. The Hall–Kier alpha value is -0.0900. The van der Waals surface area contributed by atoms with Crippen LogP contribution in [-0.2, 0) is 9.84 Å². The molecule has 1 fully saturated rings. The van der Waals surface area contributed by atoms with E-state index in [0.29, 0.717) is 5.75 Å². The van der Waals surface area contributed by atoms with Gasteiger partial charge in [0.15, 0.2) is 0 Å². The van der Waals surface area contributed by atoms with Gasteiger partial charge < -0.3 is 5.32 Å². The molecule has 0 bridgehead atoms. The maximum absolute atomic E-state index is 10.9. The van der Waals surface area contributed by atoms with Crippen molar-refractivity contribution in [3.63, 3.8) is 0 Å². The monoisotopic (exact) mass is 261 g/mol. The highest BCUT2D eigenvalue weighted by Gasteiger charge is 2.19. The van der Waals surface area contributed by atoms with Gasteiger partial charge in [-0.2, -0.15) is 0 Å². The Labute approximate surface area is 106 Å². The van der Waals surface area contributed by atoms with Crippen LogP contribution in [0.3, 0.4) is 0 Å². The zero-order chi connectivity index (χ0) is 12.7. The number of sulfone groups is 1. The van der Waals surface area contributed by atoms with Crippen molar-refractivity contribution < 1.29 is 8.42 Å². The van der Waals surface area contributed by atoms with Crippen molar-refractivity contribution in [2.45, 2.75) is 45.4 Å². The average molecular weight is 261 g/mol. The lowest BCUT2D eigenvalue weighted by Crippen LogP contribution is -2.28. The minimum atomic E-state index is -2.78. The Balaban J connectivity index is 2.01. The van der Waals surface area contributed by atoms with Crippen molar-refractivity contribution in [1.29, 1.82) is 0 Å². The first-order valence-electron chi connectivity index (χ1n) is 6.89. The predicted molar refractivity (Wildman–Crippen MR) is 72.9 cm³/mol. The summed E-state index contributed by atoms with van der Waals surface area (Å²) < 4.78 is 21.9. The molecule has 17 heavy (non-hydrogen) atoms. The first-order valence-corrected chi connectivity index (χ1v) is 8.95. The third-order valence-electron chi connectivity index (χ3n) is 3.85. The van der Waals surface area contributed by atoms with E-state index in [1.807, 2.05) is 0 Å². The van der Waals surface area contributed by atoms with Gasteiger partial charge >= 0.3 is 0 Å². The highest BCUT2D eigenvalue weighted by Crippen LogP contribution is 2.29. The lowest BCUT2D eigenvalue weighted by Gasteiger charge is -2.27. The van der Waals surface area contributed by atoms with Crippen molar-refractivity contribution in [2.24, 2.45) is 11.8 Å². The summed E-state index contributed by atoms with van der Waals surface area (Å²) in [7, 11) is -2.78. The molecule has 1 N–H and O–H groups in total. The van der Waals surface area contributed by atoms with Crippen molar-refractivity contribution in [2.75, 3.05) is 25.1 Å².